The summed E-state index contributed by atoms with van der Waals surface area (Å²) in [6.45, 7) is 1.53. The van der Waals surface area contributed by atoms with Crippen LogP contribution in [0.4, 0.5) is 5.69 Å². The fourth-order valence-electron chi connectivity index (χ4n) is 1.85. The second kappa shape index (κ2) is 7.99. The van der Waals surface area contributed by atoms with E-state index in [2.05, 4.69) is 10.6 Å². The topological polar surface area (TPSA) is 59.6 Å². The lowest BCUT2D eigenvalue weighted by Crippen LogP contribution is -2.36. The number of benzene rings is 1. The maximum absolute atomic E-state index is 12.1. The summed E-state index contributed by atoms with van der Waals surface area (Å²) in [6, 6.07) is 10.00. The Balaban J connectivity index is 1.74. The third-order valence-corrected chi connectivity index (χ3v) is 3.08. The minimum absolute atomic E-state index is 0.176. The Labute approximate surface area is 119 Å². The first kappa shape index (κ1) is 15.0. The number of nitrogens with one attached hydrogen (secondary N) is 2. The fourth-order valence-corrected chi connectivity index (χ4v) is 1.85. The van der Waals surface area contributed by atoms with E-state index in [1.54, 1.807) is 7.11 Å². The Bertz CT molecular complexity index is 407. The van der Waals surface area contributed by atoms with Crippen molar-refractivity contribution in [3.63, 3.8) is 0 Å². The number of ether oxygens (including phenoxy) is 2. The molecule has 0 bridgehead atoms. The average Bonchev–Trinajstić information content (AvgIpc) is 3.27. The van der Waals surface area contributed by atoms with E-state index in [1.165, 1.54) is 12.8 Å². The molecule has 110 valence electrons. The van der Waals surface area contributed by atoms with Crippen LogP contribution in [0.5, 0.6) is 0 Å². The second-order valence-corrected chi connectivity index (χ2v) is 4.90. The van der Waals surface area contributed by atoms with Gasteiger partial charge in [0.1, 0.15) is 0 Å². The number of hydrogen-bond acceptors (Lipinski definition) is 4. The van der Waals surface area contributed by atoms with Crippen LogP contribution >= 0.6 is 0 Å². The van der Waals surface area contributed by atoms with Crippen molar-refractivity contribution in [1.82, 2.24) is 5.32 Å². The van der Waals surface area contributed by atoms with Crippen LogP contribution in [0.2, 0.25) is 0 Å². The summed E-state index contributed by atoms with van der Waals surface area (Å²) in [6.07, 6.45) is 1.91. The molecule has 20 heavy (non-hydrogen) atoms. The summed E-state index contributed by atoms with van der Waals surface area (Å²) >= 11 is 0. The lowest BCUT2D eigenvalue weighted by atomic mass is 10.3. The van der Waals surface area contributed by atoms with Gasteiger partial charge < -0.3 is 20.1 Å². The molecule has 0 saturated heterocycles. The number of amides is 1. The van der Waals surface area contributed by atoms with Crippen LogP contribution in [0.15, 0.2) is 30.3 Å². The molecular weight excluding hydrogens is 256 g/mol. The van der Waals surface area contributed by atoms with Gasteiger partial charge in [-0.25, -0.2) is 0 Å². The Hall–Kier alpha value is -1.43. The van der Waals surface area contributed by atoms with Gasteiger partial charge in [0.25, 0.3) is 5.91 Å². The van der Waals surface area contributed by atoms with Gasteiger partial charge in [-0.1, -0.05) is 18.2 Å². The Morgan fingerprint density at radius 3 is 2.75 bits per heavy atom. The second-order valence-electron chi connectivity index (χ2n) is 4.90. The first-order valence-corrected chi connectivity index (χ1v) is 6.99. The molecule has 0 aromatic heterocycles. The van der Waals surface area contributed by atoms with Crippen molar-refractivity contribution < 1.29 is 14.3 Å². The SMILES string of the molecule is COCC(OCCNC1CC1)C(=O)Nc1ccccc1. The molecule has 0 aliphatic heterocycles. The normalized spacial score (nSPS) is 15.8. The van der Waals surface area contributed by atoms with Crippen molar-refractivity contribution in [3.8, 4) is 0 Å². The molecule has 2 rings (SSSR count). The molecule has 1 aliphatic carbocycles. The minimum atomic E-state index is -0.582. The van der Waals surface area contributed by atoms with Crippen molar-refractivity contribution in [2.24, 2.45) is 0 Å². The molecule has 1 aromatic carbocycles. The standard InChI is InChI=1S/C15H22N2O3/c1-19-11-14(20-10-9-16-12-7-8-12)15(18)17-13-5-3-2-4-6-13/h2-6,12,14,16H,7-11H2,1H3,(H,17,18). The molecule has 5 heteroatoms. The van der Waals surface area contributed by atoms with Gasteiger partial charge in [-0.05, 0) is 25.0 Å². The van der Waals surface area contributed by atoms with Crippen molar-refractivity contribution >= 4 is 11.6 Å². The number of carbonyl (C=O) groups is 1. The molecule has 1 atom stereocenters. The van der Waals surface area contributed by atoms with Crippen molar-refractivity contribution in [2.45, 2.75) is 25.0 Å². The molecule has 1 unspecified atom stereocenters. The first-order valence-electron chi connectivity index (χ1n) is 6.99. The maximum Gasteiger partial charge on any atom is 0.255 e. The molecule has 0 spiro atoms. The largest absolute Gasteiger partial charge is 0.381 e. The van der Waals surface area contributed by atoms with Gasteiger partial charge in [0, 0.05) is 25.4 Å². The zero-order valence-electron chi connectivity index (χ0n) is 11.8. The van der Waals surface area contributed by atoms with E-state index in [0.29, 0.717) is 12.6 Å². The van der Waals surface area contributed by atoms with E-state index in [9.17, 15) is 4.79 Å². The van der Waals surface area contributed by atoms with Crippen LogP contribution in [0.1, 0.15) is 12.8 Å². The summed E-state index contributed by atoms with van der Waals surface area (Å²) in [4.78, 5) is 12.1. The van der Waals surface area contributed by atoms with Gasteiger partial charge in [0.05, 0.1) is 13.2 Å². The number of hydrogen-bond donors (Lipinski definition) is 2. The van der Waals surface area contributed by atoms with E-state index in [0.717, 1.165) is 12.2 Å². The van der Waals surface area contributed by atoms with Gasteiger partial charge in [0.15, 0.2) is 6.10 Å². The summed E-state index contributed by atoms with van der Waals surface area (Å²) in [7, 11) is 1.56. The number of methoxy groups -OCH3 is 1. The fraction of sp³-hybridized carbons (Fsp3) is 0.533. The summed E-state index contributed by atoms with van der Waals surface area (Å²) in [5, 5.41) is 6.17. The number of para-hydroxylation sites is 1. The lowest BCUT2D eigenvalue weighted by molar-refractivity contribution is -0.130. The monoisotopic (exact) mass is 278 g/mol. The van der Waals surface area contributed by atoms with E-state index in [1.807, 2.05) is 30.3 Å². The highest BCUT2D eigenvalue weighted by Gasteiger charge is 2.21. The zero-order valence-corrected chi connectivity index (χ0v) is 11.8. The molecule has 1 aromatic rings. The Morgan fingerprint density at radius 2 is 2.10 bits per heavy atom. The van der Waals surface area contributed by atoms with Gasteiger partial charge in [-0.2, -0.15) is 0 Å². The number of anilines is 1. The smallest absolute Gasteiger partial charge is 0.255 e. The third-order valence-electron chi connectivity index (χ3n) is 3.08. The maximum atomic E-state index is 12.1. The van der Waals surface area contributed by atoms with Crippen LogP contribution in [-0.2, 0) is 14.3 Å². The molecule has 0 radical (unpaired) electrons. The Kier molecular flexibility index (Phi) is 5.98. The summed E-state index contributed by atoms with van der Waals surface area (Å²) < 4.78 is 10.6. The van der Waals surface area contributed by atoms with Crippen LogP contribution in [-0.4, -0.2) is 44.9 Å². The highest BCUT2D eigenvalue weighted by molar-refractivity contribution is 5.94. The molecule has 1 saturated carbocycles. The van der Waals surface area contributed by atoms with Crippen LogP contribution in [0.3, 0.4) is 0 Å². The molecule has 1 fully saturated rings. The van der Waals surface area contributed by atoms with Crippen LogP contribution in [0, 0.1) is 0 Å². The first-order chi connectivity index (χ1) is 9.79. The summed E-state index contributed by atoms with van der Waals surface area (Å²) in [5.74, 6) is -0.176. The highest BCUT2D eigenvalue weighted by atomic mass is 16.5. The predicted molar refractivity (Wildman–Crippen MR) is 77.7 cm³/mol. The summed E-state index contributed by atoms with van der Waals surface area (Å²) in [5.41, 5.74) is 0.762. The van der Waals surface area contributed by atoms with E-state index in [-0.39, 0.29) is 12.5 Å². The van der Waals surface area contributed by atoms with Crippen molar-refractivity contribution in [3.05, 3.63) is 30.3 Å². The molecule has 5 nitrogen and oxygen atoms in total. The zero-order chi connectivity index (χ0) is 14.2. The van der Waals surface area contributed by atoms with E-state index in [4.69, 9.17) is 9.47 Å². The van der Waals surface area contributed by atoms with E-state index < -0.39 is 6.10 Å². The lowest BCUT2D eigenvalue weighted by Gasteiger charge is -2.17. The quantitative estimate of drug-likeness (QED) is 0.671. The molecule has 1 amide bonds. The molecule has 1 aliphatic rings. The highest BCUT2D eigenvalue weighted by Crippen LogP contribution is 2.18. The van der Waals surface area contributed by atoms with E-state index >= 15 is 0 Å². The predicted octanol–water partition coefficient (Wildman–Crippen LogP) is 1.41. The van der Waals surface area contributed by atoms with Gasteiger partial charge in [-0.15, -0.1) is 0 Å². The van der Waals surface area contributed by atoms with Crippen LogP contribution < -0.4 is 10.6 Å². The van der Waals surface area contributed by atoms with Gasteiger partial charge in [-0.3, -0.25) is 4.79 Å². The molecule has 0 heterocycles. The van der Waals surface area contributed by atoms with Crippen LogP contribution in [0.25, 0.3) is 0 Å². The third kappa shape index (κ3) is 5.28. The Morgan fingerprint density at radius 1 is 1.35 bits per heavy atom. The van der Waals surface area contributed by atoms with Gasteiger partial charge >= 0.3 is 0 Å². The van der Waals surface area contributed by atoms with Crippen molar-refractivity contribution in [1.29, 1.82) is 0 Å². The number of rotatable bonds is 9. The molecular formula is C15H22N2O3. The molecule has 2 N–H and O–H groups in total. The minimum Gasteiger partial charge on any atom is -0.381 e. The number of carbonyl (C=O) groups excluding carboxylic acids is 1. The van der Waals surface area contributed by atoms with Gasteiger partial charge in [0.2, 0.25) is 0 Å². The van der Waals surface area contributed by atoms with Crippen molar-refractivity contribution in [2.75, 3.05) is 32.2 Å². The average molecular weight is 278 g/mol.